The van der Waals surface area contributed by atoms with Crippen LogP contribution in [0.25, 0.3) is 11.1 Å². The molecule has 0 radical (unpaired) electrons. The molecule has 2 aromatic carbocycles. The highest BCUT2D eigenvalue weighted by atomic mass is 19.4. The van der Waals surface area contributed by atoms with Gasteiger partial charge in [0.15, 0.2) is 11.6 Å². The highest BCUT2D eigenvalue weighted by molar-refractivity contribution is 5.68. The summed E-state index contributed by atoms with van der Waals surface area (Å²) in [6, 6.07) is 2.15. The summed E-state index contributed by atoms with van der Waals surface area (Å²) in [6.45, 7) is 1.99. The lowest BCUT2D eigenvalue weighted by Gasteiger charge is -2.41. The molecule has 8 heteroatoms. The second-order valence-electron chi connectivity index (χ2n) is 9.16. The van der Waals surface area contributed by atoms with Gasteiger partial charge in [-0.1, -0.05) is 12.2 Å². The van der Waals surface area contributed by atoms with Crippen LogP contribution in [0.3, 0.4) is 0 Å². The average Bonchev–Trinajstić information content (AvgIpc) is 2.75. The van der Waals surface area contributed by atoms with Gasteiger partial charge in [-0.25, -0.2) is 17.6 Å². The molecule has 1 saturated carbocycles. The van der Waals surface area contributed by atoms with Gasteiger partial charge in [-0.15, -0.1) is 13.2 Å². The van der Waals surface area contributed by atoms with Crippen LogP contribution in [0.4, 0.5) is 30.7 Å². The van der Waals surface area contributed by atoms with E-state index in [0.29, 0.717) is 41.5 Å². The summed E-state index contributed by atoms with van der Waals surface area (Å²) in [5.41, 5.74) is -0.243. The molecule has 0 amide bonds. The van der Waals surface area contributed by atoms with Crippen LogP contribution in [0, 0.1) is 35.1 Å². The molecular weight excluding hydrogens is 461 g/mol. The van der Waals surface area contributed by atoms with Crippen molar-refractivity contribution in [2.24, 2.45) is 11.8 Å². The molecule has 4 rings (SSSR count). The van der Waals surface area contributed by atoms with E-state index in [0.717, 1.165) is 38.5 Å². The van der Waals surface area contributed by atoms with Gasteiger partial charge in [0, 0.05) is 0 Å². The lowest BCUT2D eigenvalue weighted by Crippen LogP contribution is -2.29. The molecular formula is C26H25F7O. The summed E-state index contributed by atoms with van der Waals surface area (Å²) in [5.74, 6) is -6.02. The molecule has 0 saturated heterocycles. The maximum Gasteiger partial charge on any atom is 0.573 e. The number of benzene rings is 2. The zero-order chi connectivity index (χ0) is 24.6. The molecule has 1 nitrogen and oxygen atoms in total. The molecule has 0 bridgehead atoms. The topological polar surface area (TPSA) is 9.23 Å². The van der Waals surface area contributed by atoms with Gasteiger partial charge in [0.25, 0.3) is 0 Å². The molecule has 34 heavy (non-hydrogen) atoms. The molecule has 2 aromatic rings. The van der Waals surface area contributed by atoms with Crippen molar-refractivity contribution in [2.75, 3.05) is 0 Å². The lowest BCUT2D eigenvalue weighted by atomic mass is 9.64. The first-order chi connectivity index (χ1) is 16.1. The zero-order valence-corrected chi connectivity index (χ0v) is 18.6. The highest BCUT2D eigenvalue weighted by Crippen LogP contribution is 2.50. The molecule has 184 valence electrons. The Kier molecular flexibility index (Phi) is 6.97. The fourth-order valence-electron chi connectivity index (χ4n) is 5.63. The van der Waals surface area contributed by atoms with Crippen LogP contribution >= 0.6 is 0 Å². The number of ether oxygens (including phenoxy) is 1. The number of hydrogen-bond acceptors (Lipinski definition) is 1. The van der Waals surface area contributed by atoms with Crippen LogP contribution in [0.1, 0.15) is 62.5 Å². The maximum atomic E-state index is 15.5. The summed E-state index contributed by atoms with van der Waals surface area (Å²) in [5, 5.41) is 0. The van der Waals surface area contributed by atoms with Gasteiger partial charge < -0.3 is 4.74 Å². The summed E-state index contributed by atoms with van der Waals surface area (Å²) in [6.07, 6.45) is 4.87. The molecule has 0 aliphatic heterocycles. The minimum atomic E-state index is -5.31. The molecule has 3 unspecified atom stereocenters. The fraction of sp³-hybridized carbons (Fsp3) is 0.462. The standard InChI is InChI=1S/C26H25F7O/c1-2-3-4-5-14-6-8-17-15(10-14)7-9-18-19(17)13-20(27)23(24(18)30)16-11-21(28)25(22(29)12-16)34-26(31,32)33/h2-3,11-15,17H,4-10H2,1H3/b3-2+. The van der Waals surface area contributed by atoms with Crippen molar-refractivity contribution in [1.29, 1.82) is 0 Å². The van der Waals surface area contributed by atoms with Gasteiger partial charge in [-0.2, -0.15) is 0 Å². The second-order valence-corrected chi connectivity index (χ2v) is 9.16. The molecule has 0 N–H and O–H groups in total. The van der Waals surface area contributed by atoms with Crippen LogP contribution in [0.2, 0.25) is 0 Å². The van der Waals surface area contributed by atoms with Gasteiger partial charge >= 0.3 is 6.36 Å². The Morgan fingerprint density at radius 1 is 0.971 bits per heavy atom. The Bertz CT molecular complexity index is 1070. The quantitative estimate of drug-likeness (QED) is 0.304. The smallest absolute Gasteiger partial charge is 0.399 e. The normalized spacial score (nSPS) is 22.5. The van der Waals surface area contributed by atoms with E-state index in [4.69, 9.17) is 0 Å². The van der Waals surface area contributed by atoms with Gasteiger partial charge in [-0.3, -0.25) is 0 Å². The van der Waals surface area contributed by atoms with Gasteiger partial charge in [0.2, 0.25) is 5.75 Å². The second kappa shape index (κ2) is 9.62. The van der Waals surface area contributed by atoms with E-state index < -0.39 is 46.5 Å². The third kappa shape index (κ3) is 4.96. The Hall–Kier alpha value is -2.51. The first kappa shape index (κ1) is 24.6. The van der Waals surface area contributed by atoms with Crippen molar-refractivity contribution in [3.8, 4) is 16.9 Å². The minimum Gasteiger partial charge on any atom is -0.399 e. The van der Waals surface area contributed by atoms with Crippen molar-refractivity contribution < 1.29 is 35.5 Å². The lowest BCUT2D eigenvalue weighted by molar-refractivity contribution is -0.276. The van der Waals surface area contributed by atoms with Crippen LogP contribution in [-0.2, 0) is 6.42 Å². The number of hydrogen-bond donors (Lipinski definition) is 0. The third-order valence-electron chi connectivity index (χ3n) is 7.09. The largest absolute Gasteiger partial charge is 0.573 e. The third-order valence-corrected chi connectivity index (χ3v) is 7.09. The summed E-state index contributed by atoms with van der Waals surface area (Å²) < 4.78 is 99.5. The predicted octanol–water partition coefficient (Wildman–Crippen LogP) is 8.61. The van der Waals surface area contributed by atoms with Gasteiger partial charge in [0.1, 0.15) is 11.6 Å². The summed E-state index contributed by atoms with van der Waals surface area (Å²) in [7, 11) is 0. The molecule has 1 fully saturated rings. The fourth-order valence-corrected chi connectivity index (χ4v) is 5.63. The van der Waals surface area contributed by atoms with Gasteiger partial charge in [0.05, 0.1) is 5.56 Å². The first-order valence-electron chi connectivity index (χ1n) is 11.5. The van der Waals surface area contributed by atoms with Crippen LogP contribution in [-0.4, -0.2) is 6.36 Å². The maximum absolute atomic E-state index is 15.5. The molecule has 0 spiro atoms. The minimum absolute atomic E-state index is 0.0239. The first-order valence-corrected chi connectivity index (χ1v) is 11.5. The molecule has 3 atom stereocenters. The predicted molar refractivity (Wildman–Crippen MR) is 114 cm³/mol. The number of allylic oxidation sites excluding steroid dienone is 2. The van der Waals surface area contributed by atoms with E-state index in [2.05, 4.69) is 10.8 Å². The molecule has 0 heterocycles. The Morgan fingerprint density at radius 3 is 2.32 bits per heavy atom. The molecule has 2 aliphatic carbocycles. The van der Waals surface area contributed by atoms with Crippen molar-refractivity contribution >= 4 is 0 Å². The Morgan fingerprint density at radius 2 is 1.68 bits per heavy atom. The van der Waals surface area contributed by atoms with Crippen molar-refractivity contribution in [3.63, 3.8) is 0 Å². The van der Waals surface area contributed by atoms with Crippen LogP contribution < -0.4 is 4.74 Å². The van der Waals surface area contributed by atoms with E-state index in [-0.39, 0.29) is 5.92 Å². The van der Waals surface area contributed by atoms with Crippen molar-refractivity contribution in [2.45, 2.75) is 64.1 Å². The Balaban J connectivity index is 1.64. The summed E-state index contributed by atoms with van der Waals surface area (Å²) in [4.78, 5) is 0. The monoisotopic (exact) mass is 486 g/mol. The molecule has 2 aliphatic rings. The van der Waals surface area contributed by atoms with E-state index in [1.165, 1.54) is 6.07 Å². The van der Waals surface area contributed by atoms with Crippen LogP contribution in [0.15, 0.2) is 30.4 Å². The zero-order valence-electron chi connectivity index (χ0n) is 18.6. The van der Waals surface area contributed by atoms with Crippen LogP contribution in [0.5, 0.6) is 5.75 Å². The average molecular weight is 486 g/mol. The number of fused-ring (bicyclic) bond motifs is 3. The number of alkyl halides is 3. The SMILES string of the molecule is C/C=C/CCC1CCC2c3cc(F)c(-c4cc(F)c(OC(F)(F)F)c(F)c4)c(F)c3CCC2C1. The number of rotatable bonds is 5. The van der Waals surface area contributed by atoms with E-state index >= 15 is 8.78 Å². The highest BCUT2D eigenvalue weighted by Gasteiger charge is 2.38. The van der Waals surface area contributed by atoms with E-state index in [1.54, 1.807) is 0 Å². The van der Waals surface area contributed by atoms with Gasteiger partial charge in [-0.05, 0) is 105 Å². The van der Waals surface area contributed by atoms with E-state index in [1.807, 2.05) is 13.0 Å². The van der Waals surface area contributed by atoms with Crippen molar-refractivity contribution in [3.05, 3.63) is 64.7 Å². The molecule has 0 aromatic heterocycles. The van der Waals surface area contributed by atoms with Crippen molar-refractivity contribution in [1.82, 2.24) is 0 Å². The number of halogens is 7. The Labute approximate surface area is 193 Å². The summed E-state index contributed by atoms with van der Waals surface area (Å²) >= 11 is 0. The van der Waals surface area contributed by atoms with E-state index in [9.17, 15) is 22.0 Å².